The van der Waals surface area contributed by atoms with Crippen molar-refractivity contribution in [3.05, 3.63) is 291 Å². The summed E-state index contributed by atoms with van der Waals surface area (Å²) in [6, 6.07) is 104. The number of fused-ring (bicyclic) bond motifs is 2. The van der Waals surface area contributed by atoms with Crippen molar-refractivity contribution in [2.45, 2.75) is 0 Å². The largest absolute Gasteiger partial charge is 0.356 e. The molecule has 12 rings (SSSR count). The molecule has 2 N–H and O–H groups in total. The van der Waals surface area contributed by atoms with Crippen LogP contribution < -0.4 is 20.4 Å². The van der Waals surface area contributed by atoms with Crippen molar-refractivity contribution in [2.75, 3.05) is 20.4 Å². The molecule has 72 heavy (non-hydrogen) atoms. The van der Waals surface area contributed by atoms with Crippen LogP contribution in [-0.2, 0) is 0 Å². The highest BCUT2D eigenvalue weighted by Gasteiger charge is 2.25. The second kappa shape index (κ2) is 19.8. The van der Waals surface area contributed by atoms with Crippen LogP contribution in [-0.4, -0.2) is 0 Å². The lowest BCUT2D eigenvalue weighted by Crippen LogP contribution is -2.10. The zero-order valence-corrected chi connectivity index (χ0v) is 39.6. The van der Waals surface area contributed by atoms with Gasteiger partial charge in [-0.2, -0.15) is 0 Å². The highest BCUT2D eigenvalue weighted by atomic mass is 15.1. The molecule has 0 aliphatic carbocycles. The van der Waals surface area contributed by atoms with Crippen LogP contribution in [0.1, 0.15) is 0 Å². The molecule has 342 valence electrons. The predicted octanol–water partition coefficient (Wildman–Crippen LogP) is 19.4. The summed E-state index contributed by atoms with van der Waals surface area (Å²) >= 11 is 0. The molecule has 0 unspecified atom stereocenters. The molecule has 0 bridgehead atoms. The smallest absolute Gasteiger partial charge is 0.0540 e. The van der Waals surface area contributed by atoms with Crippen LogP contribution in [0.5, 0.6) is 0 Å². The van der Waals surface area contributed by atoms with Crippen molar-refractivity contribution in [1.82, 2.24) is 0 Å². The Labute approximate surface area is 421 Å². The molecule has 0 fully saturated rings. The van der Waals surface area contributed by atoms with Crippen molar-refractivity contribution >= 4 is 78.4 Å². The van der Waals surface area contributed by atoms with Gasteiger partial charge in [-0.25, -0.2) is 0 Å². The number of hydrogen-bond acceptors (Lipinski definition) is 4. The van der Waals surface area contributed by atoms with Gasteiger partial charge in [-0.15, -0.1) is 0 Å². The topological polar surface area (TPSA) is 30.5 Å². The van der Waals surface area contributed by atoms with E-state index in [9.17, 15) is 0 Å². The van der Waals surface area contributed by atoms with Gasteiger partial charge in [0.2, 0.25) is 0 Å². The fourth-order valence-corrected chi connectivity index (χ4v) is 10.2. The first-order chi connectivity index (χ1) is 35.7. The number of nitrogens with one attached hydrogen (secondary N) is 2. The van der Waals surface area contributed by atoms with E-state index in [1.807, 2.05) is 6.07 Å². The first kappa shape index (κ1) is 43.6. The minimum Gasteiger partial charge on any atom is -0.356 e. The standard InChI is InChI=1S/C68H50N4/c1-7-23-50(24-8-1)69-52-45-43-49(44-46-52)57-47-48-64(70-51-25-9-2-10-26-51)68(63-40-20-38-61-59(63)36-22-42-66(61)72(55-31-15-5-16-32-55)56-33-17-6-18-34-56)67(57)62-39-19-37-60-58(62)35-21-41-65(60)71(53-27-11-3-12-28-53)54-29-13-4-14-30-54/h1-48,69-70H. The van der Waals surface area contributed by atoms with Crippen molar-refractivity contribution in [3.63, 3.8) is 0 Å². The third-order valence-corrected chi connectivity index (χ3v) is 13.4. The molecule has 0 heterocycles. The minimum absolute atomic E-state index is 1.01. The van der Waals surface area contributed by atoms with E-state index in [4.69, 9.17) is 0 Å². The molecule has 0 saturated heterocycles. The first-order valence-electron chi connectivity index (χ1n) is 24.5. The SMILES string of the molecule is c1ccc(Nc2ccc(-c3ccc(Nc4ccccc4)c(-c4cccc5c(N(c6ccccc6)c6ccccc6)cccc45)c3-c3cccc4c(N(c5ccccc5)c5ccccc5)cccc34)cc2)cc1. The van der Waals surface area contributed by atoms with Crippen LogP contribution in [0, 0.1) is 0 Å². The Morgan fingerprint density at radius 1 is 0.222 bits per heavy atom. The van der Waals surface area contributed by atoms with E-state index in [2.05, 4.69) is 306 Å². The number of rotatable bonds is 13. The summed E-state index contributed by atoms with van der Waals surface area (Å²) < 4.78 is 0. The highest BCUT2D eigenvalue weighted by Crippen LogP contribution is 2.51. The van der Waals surface area contributed by atoms with Gasteiger partial charge in [0.25, 0.3) is 0 Å². The van der Waals surface area contributed by atoms with Crippen LogP contribution in [0.3, 0.4) is 0 Å². The van der Waals surface area contributed by atoms with Crippen molar-refractivity contribution < 1.29 is 0 Å². The van der Waals surface area contributed by atoms with Crippen molar-refractivity contribution in [3.8, 4) is 33.4 Å². The summed E-state index contributed by atoms with van der Waals surface area (Å²) in [5, 5.41) is 12.1. The fraction of sp³-hybridized carbons (Fsp3) is 0. The molecule has 0 amide bonds. The number of hydrogen-bond donors (Lipinski definition) is 2. The number of nitrogens with zero attached hydrogens (tertiary/aromatic N) is 2. The fourth-order valence-electron chi connectivity index (χ4n) is 10.2. The maximum atomic E-state index is 3.94. The molecule has 0 saturated carbocycles. The number of benzene rings is 12. The van der Waals surface area contributed by atoms with Gasteiger partial charge in [-0.3, -0.25) is 0 Å². The molecule has 12 aromatic rings. The lowest BCUT2D eigenvalue weighted by Gasteiger charge is -2.28. The third-order valence-electron chi connectivity index (χ3n) is 13.4. The molecule has 0 radical (unpaired) electrons. The van der Waals surface area contributed by atoms with Crippen molar-refractivity contribution in [1.29, 1.82) is 0 Å². The molecule has 4 heteroatoms. The zero-order valence-electron chi connectivity index (χ0n) is 39.6. The van der Waals surface area contributed by atoms with E-state index in [1.54, 1.807) is 0 Å². The molecule has 0 aliphatic heterocycles. The summed E-state index contributed by atoms with van der Waals surface area (Å²) in [6.45, 7) is 0. The maximum absolute atomic E-state index is 3.94. The minimum atomic E-state index is 1.01. The van der Waals surface area contributed by atoms with E-state index in [0.717, 1.165) is 112 Å². The van der Waals surface area contributed by atoms with E-state index < -0.39 is 0 Å². The Morgan fingerprint density at radius 2 is 0.583 bits per heavy atom. The van der Waals surface area contributed by atoms with Gasteiger partial charge in [-0.05, 0) is 136 Å². The molecular weight excluding hydrogens is 873 g/mol. The van der Waals surface area contributed by atoms with Gasteiger partial charge in [0.15, 0.2) is 0 Å². The molecule has 0 aromatic heterocycles. The average molecular weight is 923 g/mol. The quantitative estimate of drug-likeness (QED) is 0.121. The summed E-state index contributed by atoms with van der Waals surface area (Å²) in [5.74, 6) is 0. The lowest BCUT2D eigenvalue weighted by molar-refractivity contribution is 1.30. The first-order valence-corrected chi connectivity index (χ1v) is 24.5. The van der Waals surface area contributed by atoms with Gasteiger partial charge >= 0.3 is 0 Å². The number of para-hydroxylation sites is 6. The Balaban J connectivity index is 1.14. The van der Waals surface area contributed by atoms with E-state index in [1.165, 1.54) is 0 Å². The Morgan fingerprint density at radius 3 is 1.03 bits per heavy atom. The third kappa shape index (κ3) is 8.59. The van der Waals surface area contributed by atoms with Crippen LogP contribution in [0.2, 0.25) is 0 Å². The van der Waals surface area contributed by atoms with Crippen LogP contribution >= 0.6 is 0 Å². The summed E-state index contributed by atoms with van der Waals surface area (Å²) in [7, 11) is 0. The number of anilines is 10. The molecule has 0 atom stereocenters. The normalized spacial score (nSPS) is 11.1. The van der Waals surface area contributed by atoms with Gasteiger partial charge in [0, 0.05) is 67.4 Å². The van der Waals surface area contributed by atoms with Gasteiger partial charge in [0.05, 0.1) is 11.4 Å². The van der Waals surface area contributed by atoms with Gasteiger partial charge in [-0.1, -0.05) is 188 Å². The van der Waals surface area contributed by atoms with Gasteiger partial charge < -0.3 is 20.4 Å². The molecular formula is C68H50N4. The van der Waals surface area contributed by atoms with Gasteiger partial charge in [0.1, 0.15) is 0 Å². The molecule has 0 spiro atoms. The highest BCUT2D eigenvalue weighted by molar-refractivity contribution is 6.16. The summed E-state index contributed by atoms with van der Waals surface area (Å²) in [5.41, 5.74) is 17.4. The monoisotopic (exact) mass is 922 g/mol. The van der Waals surface area contributed by atoms with E-state index in [-0.39, 0.29) is 0 Å². The summed E-state index contributed by atoms with van der Waals surface area (Å²) in [4.78, 5) is 4.74. The van der Waals surface area contributed by atoms with Crippen LogP contribution in [0.15, 0.2) is 291 Å². The molecule has 12 aromatic carbocycles. The molecule has 0 aliphatic rings. The van der Waals surface area contributed by atoms with Crippen LogP contribution in [0.4, 0.5) is 56.9 Å². The second-order valence-electron chi connectivity index (χ2n) is 17.8. The Bertz CT molecular complexity index is 3690. The Hall–Kier alpha value is -9.64. The van der Waals surface area contributed by atoms with E-state index in [0.29, 0.717) is 0 Å². The Kier molecular flexibility index (Phi) is 12.0. The summed E-state index contributed by atoms with van der Waals surface area (Å²) in [6.07, 6.45) is 0. The maximum Gasteiger partial charge on any atom is 0.0540 e. The van der Waals surface area contributed by atoms with Crippen LogP contribution in [0.25, 0.3) is 54.9 Å². The second-order valence-corrected chi connectivity index (χ2v) is 17.8. The zero-order chi connectivity index (χ0) is 48.1. The van der Waals surface area contributed by atoms with Crippen molar-refractivity contribution in [2.24, 2.45) is 0 Å². The lowest BCUT2D eigenvalue weighted by atomic mass is 9.83. The predicted molar refractivity (Wildman–Crippen MR) is 307 cm³/mol. The average Bonchev–Trinajstić information content (AvgIpc) is 3.45. The molecule has 4 nitrogen and oxygen atoms in total. The van der Waals surface area contributed by atoms with E-state index >= 15 is 0 Å².